The van der Waals surface area contributed by atoms with E-state index in [-0.39, 0.29) is 5.91 Å². The second-order valence-electron chi connectivity index (χ2n) is 8.73. The van der Waals surface area contributed by atoms with E-state index in [0.717, 1.165) is 41.9 Å². The normalized spacial score (nSPS) is 24.0. The minimum Gasteiger partial charge on any atom is -0.467 e. The Morgan fingerprint density at radius 1 is 1.31 bits per heavy atom. The third kappa shape index (κ3) is 4.11. The summed E-state index contributed by atoms with van der Waals surface area (Å²) in [7, 11) is 0. The number of likely N-dealkylation sites (tertiary alicyclic amines) is 1. The van der Waals surface area contributed by atoms with Gasteiger partial charge in [-0.15, -0.1) is 0 Å². The van der Waals surface area contributed by atoms with Crippen molar-refractivity contribution in [1.29, 1.82) is 5.26 Å². The monoisotopic (exact) mass is 395 g/mol. The number of furan rings is 1. The van der Waals surface area contributed by atoms with E-state index in [1.807, 2.05) is 30.5 Å². The van der Waals surface area contributed by atoms with Gasteiger partial charge in [-0.2, -0.15) is 5.26 Å². The van der Waals surface area contributed by atoms with Crippen LogP contribution in [0.4, 0.5) is 5.82 Å². The van der Waals surface area contributed by atoms with Crippen LogP contribution in [0.25, 0.3) is 0 Å². The summed E-state index contributed by atoms with van der Waals surface area (Å²) in [5, 5.41) is 12.7. The number of quaternary nitrogens is 1. The highest BCUT2D eigenvalue weighted by Crippen LogP contribution is 2.32. The highest BCUT2D eigenvalue weighted by atomic mass is 16.3. The van der Waals surface area contributed by atoms with Crippen LogP contribution in [-0.4, -0.2) is 30.1 Å². The maximum atomic E-state index is 12.9. The van der Waals surface area contributed by atoms with Gasteiger partial charge in [-0.1, -0.05) is 12.8 Å². The first kappa shape index (κ1) is 19.8. The Hall–Kier alpha value is -2.52. The number of hydrogen-bond acceptors (Lipinski definition) is 3. The molecule has 0 aromatic carbocycles. The van der Waals surface area contributed by atoms with Gasteiger partial charge in [0.05, 0.1) is 31.5 Å². The molecule has 154 valence electrons. The van der Waals surface area contributed by atoms with Gasteiger partial charge in [-0.25, -0.2) is 0 Å². The average Bonchev–Trinajstić information content (AvgIpc) is 3.31. The first-order valence-corrected chi connectivity index (χ1v) is 10.8. The number of carbonyl (C=O) groups is 1. The number of hydrogen-bond donors (Lipinski definition) is 2. The highest BCUT2D eigenvalue weighted by molar-refractivity contribution is 5.92. The van der Waals surface area contributed by atoms with Crippen LogP contribution in [0.3, 0.4) is 0 Å². The van der Waals surface area contributed by atoms with Crippen molar-refractivity contribution >= 4 is 11.7 Å². The minimum absolute atomic E-state index is 0.0102. The molecule has 3 heterocycles. The summed E-state index contributed by atoms with van der Waals surface area (Å²) in [6.45, 7) is 7.06. The summed E-state index contributed by atoms with van der Waals surface area (Å²) in [6.07, 6.45) is 8.28. The molecule has 6 heteroatoms. The molecule has 2 fully saturated rings. The van der Waals surface area contributed by atoms with E-state index in [4.69, 9.17) is 4.42 Å². The maximum Gasteiger partial charge on any atom is 0.280 e. The van der Waals surface area contributed by atoms with Crippen LogP contribution in [0.2, 0.25) is 0 Å². The molecule has 1 aliphatic heterocycles. The molecule has 2 aromatic rings. The van der Waals surface area contributed by atoms with Gasteiger partial charge in [-0.3, -0.25) is 4.79 Å². The SMILES string of the molecule is Cc1c(C#N)c(NC(=O)C[NH+]2CC[C@H]3CCCC[C@@H]3C2)n(Cc2ccco2)c1C. The number of piperidine rings is 1. The first-order chi connectivity index (χ1) is 14.1. The number of amides is 1. The summed E-state index contributed by atoms with van der Waals surface area (Å²) in [4.78, 5) is 14.3. The summed E-state index contributed by atoms with van der Waals surface area (Å²) < 4.78 is 7.47. The zero-order valence-electron chi connectivity index (χ0n) is 17.5. The second-order valence-corrected chi connectivity index (χ2v) is 8.73. The highest BCUT2D eigenvalue weighted by Gasteiger charge is 2.34. The standard InChI is InChI=1S/C23H30N4O2/c1-16-17(2)27(14-20-8-5-11-29-20)23(21(16)12-24)25-22(28)15-26-10-9-18-6-3-4-7-19(18)13-26/h5,8,11,18-19H,3-4,6-7,9-10,13-15H2,1-2H3,(H,25,28)/p+1/t18-,19-/m1/s1. The van der Waals surface area contributed by atoms with Crippen molar-refractivity contribution in [2.24, 2.45) is 11.8 Å². The number of carbonyl (C=O) groups excluding carboxylic acids is 1. The predicted octanol–water partition coefficient (Wildman–Crippen LogP) is 2.65. The van der Waals surface area contributed by atoms with E-state index in [1.165, 1.54) is 37.0 Å². The Labute approximate surface area is 172 Å². The molecule has 0 bridgehead atoms. The van der Waals surface area contributed by atoms with Crippen molar-refractivity contribution < 1.29 is 14.1 Å². The quantitative estimate of drug-likeness (QED) is 0.817. The Morgan fingerprint density at radius 2 is 2.10 bits per heavy atom. The minimum atomic E-state index is -0.0102. The number of nitriles is 1. The molecule has 1 saturated heterocycles. The van der Waals surface area contributed by atoms with Gasteiger partial charge >= 0.3 is 0 Å². The molecule has 29 heavy (non-hydrogen) atoms. The fraction of sp³-hybridized carbons (Fsp3) is 0.565. The van der Waals surface area contributed by atoms with Gasteiger partial charge in [0, 0.05) is 11.6 Å². The number of nitrogens with zero attached hydrogens (tertiary/aromatic N) is 2. The number of rotatable bonds is 5. The Kier molecular flexibility index (Phi) is 5.77. The molecule has 2 N–H and O–H groups in total. The topological polar surface area (TPSA) is 75.4 Å². The smallest absolute Gasteiger partial charge is 0.280 e. The molecule has 2 aromatic heterocycles. The summed E-state index contributed by atoms with van der Waals surface area (Å²) in [6, 6.07) is 6.04. The van der Waals surface area contributed by atoms with Gasteiger partial charge < -0.3 is 19.2 Å². The Balaban J connectivity index is 1.47. The number of nitrogens with one attached hydrogen (secondary N) is 2. The second kappa shape index (κ2) is 8.46. The number of anilines is 1. The molecule has 1 unspecified atom stereocenters. The van der Waals surface area contributed by atoms with Crippen LogP contribution in [0.1, 0.15) is 54.7 Å². The van der Waals surface area contributed by atoms with E-state index in [9.17, 15) is 10.1 Å². The van der Waals surface area contributed by atoms with Crippen molar-refractivity contribution in [2.45, 2.75) is 52.5 Å². The zero-order valence-corrected chi connectivity index (χ0v) is 17.5. The van der Waals surface area contributed by atoms with Crippen LogP contribution in [0.5, 0.6) is 0 Å². The average molecular weight is 396 g/mol. The largest absolute Gasteiger partial charge is 0.467 e. The maximum absolute atomic E-state index is 12.9. The lowest BCUT2D eigenvalue weighted by molar-refractivity contribution is -0.902. The number of fused-ring (bicyclic) bond motifs is 1. The van der Waals surface area contributed by atoms with E-state index in [0.29, 0.717) is 24.5 Å². The molecule has 1 saturated carbocycles. The van der Waals surface area contributed by atoms with Crippen LogP contribution in [0.15, 0.2) is 22.8 Å². The fourth-order valence-electron chi connectivity index (χ4n) is 5.25. The Morgan fingerprint density at radius 3 is 2.83 bits per heavy atom. The first-order valence-electron chi connectivity index (χ1n) is 10.8. The lowest BCUT2D eigenvalue weighted by Crippen LogP contribution is -3.15. The molecule has 0 spiro atoms. The molecule has 3 atom stereocenters. The summed E-state index contributed by atoms with van der Waals surface area (Å²) >= 11 is 0. The van der Waals surface area contributed by atoms with Gasteiger partial charge in [-0.05, 0) is 56.7 Å². The van der Waals surface area contributed by atoms with Crippen molar-refractivity contribution in [3.05, 3.63) is 41.0 Å². The lowest BCUT2D eigenvalue weighted by Gasteiger charge is -2.38. The van der Waals surface area contributed by atoms with E-state index in [1.54, 1.807) is 6.26 Å². The number of aromatic nitrogens is 1. The Bertz CT molecular complexity index is 906. The molecular formula is C23H31N4O2+. The van der Waals surface area contributed by atoms with Crippen LogP contribution >= 0.6 is 0 Å². The van der Waals surface area contributed by atoms with Gasteiger partial charge in [0.15, 0.2) is 6.54 Å². The van der Waals surface area contributed by atoms with Crippen LogP contribution < -0.4 is 10.2 Å². The molecule has 6 nitrogen and oxygen atoms in total. The third-order valence-corrected chi connectivity index (χ3v) is 6.99. The molecule has 1 aliphatic carbocycles. The summed E-state index contributed by atoms with van der Waals surface area (Å²) in [5.74, 6) is 3.03. The van der Waals surface area contributed by atoms with Crippen molar-refractivity contribution in [3.63, 3.8) is 0 Å². The van der Waals surface area contributed by atoms with Gasteiger partial charge in [0.1, 0.15) is 17.6 Å². The summed E-state index contributed by atoms with van der Waals surface area (Å²) in [5.41, 5.74) is 2.43. The molecule has 1 amide bonds. The van der Waals surface area contributed by atoms with Gasteiger partial charge in [0.25, 0.3) is 5.91 Å². The molecule has 4 rings (SSSR count). The van der Waals surface area contributed by atoms with Crippen molar-refractivity contribution in [1.82, 2.24) is 4.57 Å². The van der Waals surface area contributed by atoms with Crippen LogP contribution in [0, 0.1) is 37.0 Å². The van der Waals surface area contributed by atoms with Gasteiger partial charge in [0.2, 0.25) is 0 Å². The fourth-order valence-corrected chi connectivity index (χ4v) is 5.25. The van der Waals surface area contributed by atoms with E-state index < -0.39 is 0 Å². The zero-order chi connectivity index (χ0) is 20.4. The van der Waals surface area contributed by atoms with E-state index in [2.05, 4.69) is 11.4 Å². The lowest BCUT2D eigenvalue weighted by atomic mass is 9.75. The van der Waals surface area contributed by atoms with Crippen LogP contribution in [-0.2, 0) is 11.3 Å². The van der Waals surface area contributed by atoms with Crippen molar-refractivity contribution in [2.75, 3.05) is 25.0 Å². The van der Waals surface area contributed by atoms with Crippen molar-refractivity contribution in [3.8, 4) is 6.07 Å². The molecule has 2 aliphatic rings. The molecular weight excluding hydrogens is 364 g/mol. The van der Waals surface area contributed by atoms with E-state index >= 15 is 0 Å². The predicted molar refractivity (Wildman–Crippen MR) is 111 cm³/mol. The molecule has 0 radical (unpaired) electrons. The third-order valence-electron chi connectivity index (χ3n) is 6.99.